The van der Waals surface area contributed by atoms with Gasteiger partial charge in [0.1, 0.15) is 0 Å². The Bertz CT molecular complexity index is 370. The number of carbonyl (C=O) groups excluding carboxylic acids is 1. The molecule has 1 saturated carbocycles. The van der Waals surface area contributed by atoms with E-state index in [-0.39, 0.29) is 12.2 Å². The van der Waals surface area contributed by atoms with Crippen molar-refractivity contribution in [2.24, 2.45) is 5.92 Å². The van der Waals surface area contributed by atoms with Gasteiger partial charge in [0, 0.05) is 12.0 Å². The van der Waals surface area contributed by atoms with Gasteiger partial charge >= 0.3 is 0 Å². The standard InChI is InChI=1S/C13H16O3/c14-12(10-6-2-1-3-7-10)11-8-4-5-9-13(11,15)16/h1-3,6-7,11,15-16H,4-5,8-9H2. The Labute approximate surface area is 94.7 Å². The molecule has 1 unspecified atom stereocenters. The zero-order valence-corrected chi connectivity index (χ0v) is 9.10. The molecule has 3 nitrogen and oxygen atoms in total. The maximum absolute atomic E-state index is 12.1. The van der Waals surface area contributed by atoms with Crippen molar-refractivity contribution >= 4 is 5.78 Å². The summed E-state index contributed by atoms with van der Waals surface area (Å²) in [4.78, 5) is 12.1. The van der Waals surface area contributed by atoms with Crippen molar-refractivity contribution in [3.05, 3.63) is 35.9 Å². The molecule has 1 aromatic rings. The van der Waals surface area contributed by atoms with E-state index in [1.165, 1.54) is 0 Å². The minimum absolute atomic E-state index is 0.162. The maximum atomic E-state index is 12.1. The van der Waals surface area contributed by atoms with E-state index in [1.54, 1.807) is 24.3 Å². The van der Waals surface area contributed by atoms with Crippen molar-refractivity contribution in [3.63, 3.8) is 0 Å². The monoisotopic (exact) mass is 220 g/mol. The number of hydrogen-bond donors (Lipinski definition) is 2. The average molecular weight is 220 g/mol. The third-order valence-corrected chi connectivity index (χ3v) is 3.22. The van der Waals surface area contributed by atoms with Crippen molar-refractivity contribution < 1.29 is 15.0 Å². The average Bonchev–Trinajstić information content (AvgIpc) is 2.29. The molecule has 1 aromatic carbocycles. The summed E-state index contributed by atoms with van der Waals surface area (Å²) in [5.41, 5.74) is 0.557. The molecule has 0 bridgehead atoms. The van der Waals surface area contributed by atoms with E-state index in [1.807, 2.05) is 6.07 Å². The van der Waals surface area contributed by atoms with Crippen LogP contribution in [0.25, 0.3) is 0 Å². The lowest BCUT2D eigenvalue weighted by Crippen LogP contribution is -2.44. The zero-order chi connectivity index (χ0) is 11.6. The molecule has 0 spiro atoms. The van der Waals surface area contributed by atoms with Crippen molar-refractivity contribution in [1.82, 2.24) is 0 Å². The van der Waals surface area contributed by atoms with Crippen LogP contribution >= 0.6 is 0 Å². The van der Waals surface area contributed by atoms with Crippen LogP contribution in [0.5, 0.6) is 0 Å². The molecule has 0 heterocycles. The molecule has 1 fully saturated rings. The Morgan fingerprint density at radius 2 is 1.88 bits per heavy atom. The van der Waals surface area contributed by atoms with Gasteiger partial charge < -0.3 is 10.2 Å². The first-order valence-corrected chi connectivity index (χ1v) is 5.65. The Morgan fingerprint density at radius 3 is 2.50 bits per heavy atom. The third-order valence-electron chi connectivity index (χ3n) is 3.22. The second kappa shape index (κ2) is 4.36. The summed E-state index contributed by atoms with van der Waals surface area (Å²) in [5, 5.41) is 19.6. The van der Waals surface area contributed by atoms with Gasteiger partial charge in [0.2, 0.25) is 0 Å². The Kier molecular flexibility index (Phi) is 3.08. The minimum atomic E-state index is -1.83. The van der Waals surface area contributed by atoms with E-state index in [2.05, 4.69) is 0 Å². The van der Waals surface area contributed by atoms with E-state index in [4.69, 9.17) is 0 Å². The molecule has 16 heavy (non-hydrogen) atoms. The van der Waals surface area contributed by atoms with E-state index in [0.717, 1.165) is 12.8 Å². The highest BCUT2D eigenvalue weighted by atomic mass is 16.5. The van der Waals surface area contributed by atoms with Crippen LogP contribution in [-0.4, -0.2) is 21.8 Å². The number of carbonyl (C=O) groups is 1. The summed E-state index contributed by atoms with van der Waals surface area (Å²) in [6.45, 7) is 0. The van der Waals surface area contributed by atoms with Crippen LogP contribution in [0.3, 0.4) is 0 Å². The lowest BCUT2D eigenvalue weighted by molar-refractivity contribution is -0.203. The Morgan fingerprint density at radius 1 is 1.19 bits per heavy atom. The predicted octanol–water partition coefficient (Wildman–Crippen LogP) is 1.74. The van der Waals surface area contributed by atoms with Crippen LogP contribution in [0, 0.1) is 5.92 Å². The first-order valence-electron chi connectivity index (χ1n) is 5.65. The van der Waals surface area contributed by atoms with Gasteiger partial charge in [-0.25, -0.2) is 0 Å². The number of ketones is 1. The van der Waals surface area contributed by atoms with Crippen LogP contribution in [0.2, 0.25) is 0 Å². The highest BCUT2D eigenvalue weighted by Crippen LogP contribution is 2.33. The van der Waals surface area contributed by atoms with Crippen LogP contribution in [-0.2, 0) is 0 Å². The fourth-order valence-corrected chi connectivity index (χ4v) is 2.28. The maximum Gasteiger partial charge on any atom is 0.172 e. The highest BCUT2D eigenvalue weighted by Gasteiger charge is 2.41. The van der Waals surface area contributed by atoms with Crippen LogP contribution in [0.1, 0.15) is 36.0 Å². The lowest BCUT2D eigenvalue weighted by atomic mass is 9.79. The molecule has 86 valence electrons. The quantitative estimate of drug-likeness (QED) is 0.589. The second-order valence-electron chi connectivity index (χ2n) is 4.41. The molecule has 0 amide bonds. The molecule has 2 N–H and O–H groups in total. The van der Waals surface area contributed by atoms with Gasteiger partial charge in [-0.2, -0.15) is 0 Å². The highest BCUT2D eigenvalue weighted by molar-refractivity contribution is 5.98. The molecule has 1 aliphatic carbocycles. The van der Waals surface area contributed by atoms with Gasteiger partial charge in [-0.3, -0.25) is 4.79 Å². The number of aliphatic hydroxyl groups is 2. The van der Waals surface area contributed by atoms with E-state index in [0.29, 0.717) is 12.0 Å². The molecule has 1 aliphatic rings. The van der Waals surface area contributed by atoms with Crippen molar-refractivity contribution in [2.45, 2.75) is 31.5 Å². The lowest BCUT2D eigenvalue weighted by Gasteiger charge is -2.34. The van der Waals surface area contributed by atoms with Gasteiger partial charge in [-0.1, -0.05) is 36.8 Å². The van der Waals surface area contributed by atoms with Crippen molar-refractivity contribution in [1.29, 1.82) is 0 Å². The summed E-state index contributed by atoms with van der Waals surface area (Å²) in [5.74, 6) is -2.67. The number of benzene rings is 1. The van der Waals surface area contributed by atoms with Gasteiger partial charge in [-0.05, 0) is 12.8 Å². The summed E-state index contributed by atoms with van der Waals surface area (Å²) in [6, 6.07) is 8.84. The van der Waals surface area contributed by atoms with Crippen LogP contribution in [0.15, 0.2) is 30.3 Å². The van der Waals surface area contributed by atoms with E-state index in [9.17, 15) is 15.0 Å². The minimum Gasteiger partial charge on any atom is -0.365 e. The van der Waals surface area contributed by atoms with E-state index >= 15 is 0 Å². The largest absolute Gasteiger partial charge is 0.365 e. The topological polar surface area (TPSA) is 57.5 Å². The van der Waals surface area contributed by atoms with Crippen LogP contribution in [0.4, 0.5) is 0 Å². The van der Waals surface area contributed by atoms with Gasteiger partial charge in [0.15, 0.2) is 11.6 Å². The molecule has 0 aliphatic heterocycles. The number of rotatable bonds is 2. The first kappa shape index (κ1) is 11.3. The SMILES string of the molecule is O=C(c1ccccc1)C1CCCCC1(O)O. The summed E-state index contributed by atoms with van der Waals surface area (Å²) >= 11 is 0. The normalized spacial score (nSPS) is 24.0. The van der Waals surface area contributed by atoms with Gasteiger partial charge in [0.05, 0.1) is 5.92 Å². The Balaban J connectivity index is 2.21. The molecule has 0 aromatic heterocycles. The fourth-order valence-electron chi connectivity index (χ4n) is 2.28. The number of hydrogen-bond acceptors (Lipinski definition) is 3. The predicted molar refractivity (Wildman–Crippen MR) is 59.9 cm³/mol. The molecule has 2 rings (SSSR count). The van der Waals surface area contributed by atoms with E-state index < -0.39 is 11.7 Å². The molecule has 0 saturated heterocycles. The molecular formula is C13H16O3. The van der Waals surface area contributed by atoms with Gasteiger partial charge in [0.25, 0.3) is 0 Å². The summed E-state index contributed by atoms with van der Waals surface area (Å²) in [7, 11) is 0. The molecule has 1 atom stereocenters. The summed E-state index contributed by atoms with van der Waals surface area (Å²) in [6.07, 6.45) is 2.49. The third kappa shape index (κ3) is 2.15. The smallest absolute Gasteiger partial charge is 0.172 e. The zero-order valence-electron chi connectivity index (χ0n) is 9.10. The Hall–Kier alpha value is -1.19. The van der Waals surface area contributed by atoms with Crippen molar-refractivity contribution in [2.75, 3.05) is 0 Å². The fraction of sp³-hybridized carbons (Fsp3) is 0.462. The molecule has 3 heteroatoms. The van der Waals surface area contributed by atoms with Crippen molar-refractivity contribution in [3.8, 4) is 0 Å². The molecular weight excluding hydrogens is 204 g/mol. The summed E-state index contributed by atoms with van der Waals surface area (Å²) < 4.78 is 0. The van der Waals surface area contributed by atoms with Crippen LogP contribution < -0.4 is 0 Å². The second-order valence-corrected chi connectivity index (χ2v) is 4.41. The van der Waals surface area contributed by atoms with Gasteiger partial charge in [-0.15, -0.1) is 0 Å². The first-order chi connectivity index (χ1) is 7.61. The number of Topliss-reactive ketones (excluding diaryl/α,β-unsaturated/α-hetero) is 1. The molecule has 0 radical (unpaired) electrons.